The fourth-order valence-corrected chi connectivity index (χ4v) is 2.21. The maximum absolute atomic E-state index is 12.1. The monoisotopic (exact) mass is 294 g/mol. The number of halogens is 2. The molecule has 0 aromatic carbocycles. The van der Waals surface area contributed by atoms with Gasteiger partial charge in [0, 0.05) is 18.0 Å². The molecule has 5 nitrogen and oxygen atoms in total. The van der Waals surface area contributed by atoms with E-state index in [1.807, 2.05) is 6.07 Å². The van der Waals surface area contributed by atoms with Gasteiger partial charge in [-0.1, -0.05) is 29.3 Å². The molecule has 0 amide bonds. The zero-order valence-corrected chi connectivity index (χ0v) is 11.1. The second-order valence-corrected chi connectivity index (χ2v) is 4.76. The fourth-order valence-electron chi connectivity index (χ4n) is 1.78. The average molecular weight is 295 g/mol. The Bertz CT molecular complexity index is 809. The Morgan fingerprint density at radius 1 is 1.26 bits per heavy atom. The molecule has 3 rings (SSSR count). The number of hydrogen-bond acceptors (Lipinski definition) is 3. The molecule has 0 saturated carbocycles. The molecule has 3 aromatic heterocycles. The molecule has 0 aliphatic rings. The zero-order chi connectivity index (χ0) is 13.4. The predicted octanol–water partition coefficient (Wildman–Crippen LogP) is 2.25. The van der Waals surface area contributed by atoms with Gasteiger partial charge in [-0.05, 0) is 18.2 Å². The lowest BCUT2D eigenvalue weighted by Crippen LogP contribution is -2.21. The molecular weight excluding hydrogens is 287 g/mol. The average Bonchev–Trinajstić information content (AvgIpc) is 2.70. The lowest BCUT2D eigenvalue weighted by Gasteiger charge is -2.02. The highest BCUT2D eigenvalue weighted by Gasteiger charge is 2.09. The van der Waals surface area contributed by atoms with Crippen LogP contribution in [0.5, 0.6) is 0 Å². The lowest BCUT2D eigenvalue weighted by molar-refractivity contribution is 0.657. The molecule has 3 aromatic rings. The van der Waals surface area contributed by atoms with Crippen molar-refractivity contribution in [3.63, 3.8) is 0 Å². The van der Waals surface area contributed by atoms with E-state index in [0.29, 0.717) is 21.4 Å². The summed E-state index contributed by atoms with van der Waals surface area (Å²) in [4.78, 5) is 16.0. The number of nitrogens with zero attached hydrogens (tertiary/aromatic N) is 4. The van der Waals surface area contributed by atoms with Crippen LogP contribution in [-0.4, -0.2) is 19.2 Å². The number of fused-ring (bicyclic) bond motifs is 1. The van der Waals surface area contributed by atoms with Crippen LogP contribution in [0, 0.1) is 0 Å². The molecule has 7 heteroatoms. The second kappa shape index (κ2) is 4.68. The van der Waals surface area contributed by atoms with Gasteiger partial charge in [-0.3, -0.25) is 4.40 Å². The smallest absolute Gasteiger partial charge is 0.250 e. The van der Waals surface area contributed by atoms with E-state index < -0.39 is 0 Å². The molecule has 0 aliphatic carbocycles. The molecule has 19 heavy (non-hydrogen) atoms. The number of rotatable bonds is 2. The van der Waals surface area contributed by atoms with Crippen molar-refractivity contribution in [2.24, 2.45) is 0 Å². The van der Waals surface area contributed by atoms with E-state index in [1.165, 1.54) is 9.08 Å². The first-order valence-electron chi connectivity index (χ1n) is 5.49. The summed E-state index contributed by atoms with van der Waals surface area (Å²) in [5.41, 5.74) is 1.06. The Morgan fingerprint density at radius 3 is 2.84 bits per heavy atom. The van der Waals surface area contributed by atoms with Crippen molar-refractivity contribution in [2.75, 3.05) is 0 Å². The third kappa shape index (κ3) is 2.22. The van der Waals surface area contributed by atoms with Crippen LogP contribution >= 0.6 is 23.2 Å². The summed E-state index contributed by atoms with van der Waals surface area (Å²) >= 11 is 11.8. The topological polar surface area (TPSA) is 52.2 Å². The van der Waals surface area contributed by atoms with Gasteiger partial charge in [0.05, 0.1) is 11.6 Å². The molecule has 0 bridgehead atoms. The zero-order valence-electron chi connectivity index (χ0n) is 9.62. The first-order valence-corrected chi connectivity index (χ1v) is 6.25. The van der Waals surface area contributed by atoms with Gasteiger partial charge in [0.2, 0.25) is 0 Å². The highest BCUT2D eigenvalue weighted by atomic mass is 35.5. The SMILES string of the molecule is O=c1n(Cc2cnc(Cl)cc2Cl)nc2ccccn12. The van der Waals surface area contributed by atoms with Crippen LogP contribution in [0.3, 0.4) is 0 Å². The van der Waals surface area contributed by atoms with E-state index in [-0.39, 0.29) is 12.2 Å². The van der Waals surface area contributed by atoms with Crippen molar-refractivity contribution in [1.29, 1.82) is 0 Å². The Labute approximate surface area is 118 Å². The molecule has 0 spiro atoms. The third-order valence-electron chi connectivity index (χ3n) is 2.70. The summed E-state index contributed by atoms with van der Waals surface area (Å²) in [6, 6.07) is 6.90. The van der Waals surface area contributed by atoms with Crippen molar-refractivity contribution in [3.8, 4) is 0 Å². The van der Waals surface area contributed by atoms with Crippen LogP contribution < -0.4 is 5.69 Å². The highest BCUT2D eigenvalue weighted by Crippen LogP contribution is 2.18. The Balaban J connectivity index is 2.06. The molecule has 0 radical (unpaired) electrons. The minimum absolute atomic E-state index is 0.221. The van der Waals surface area contributed by atoms with Crippen LogP contribution in [-0.2, 0) is 6.54 Å². The number of pyridine rings is 2. The lowest BCUT2D eigenvalue weighted by atomic mass is 10.3. The maximum Gasteiger partial charge on any atom is 0.350 e. The third-order valence-corrected chi connectivity index (χ3v) is 3.26. The summed E-state index contributed by atoms with van der Waals surface area (Å²) in [7, 11) is 0. The number of hydrogen-bond donors (Lipinski definition) is 0. The molecule has 0 aliphatic heterocycles. The fraction of sp³-hybridized carbons (Fsp3) is 0.0833. The molecule has 0 unspecified atom stereocenters. The summed E-state index contributed by atoms with van der Waals surface area (Å²) in [5.74, 6) is 0. The van der Waals surface area contributed by atoms with Gasteiger partial charge < -0.3 is 0 Å². The van der Waals surface area contributed by atoms with Crippen molar-refractivity contribution < 1.29 is 0 Å². The van der Waals surface area contributed by atoms with E-state index in [9.17, 15) is 4.79 Å². The van der Waals surface area contributed by atoms with Gasteiger partial charge in [-0.25, -0.2) is 14.5 Å². The predicted molar refractivity (Wildman–Crippen MR) is 72.8 cm³/mol. The molecule has 0 atom stereocenters. The standard InChI is InChI=1S/C12H8Cl2N4O/c13-9-5-10(14)15-6-8(9)7-18-12(19)17-4-2-1-3-11(17)16-18/h1-6H,7H2. The minimum atomic E-state index is -0.221. The van der Waals surface area contributed by atoms with Crippen LogP contribution in [0.2, 0.25) is 10.2 Å². The van der Waals surface area contributed by atoms with Crippen LogP contribution in [0.25, 0.3) is 5.65 Å². The summed E-state index contributed by atoms with van der Waals surface area (Å²) in [5, 5.41) is 5.00. The summed E-state index contributed by atoms with van der Waals surface area (Å²) in [6.07, 6.45) is 3.21. The Kier molecular flexibility index (Phi) is 3.00. The molecule has 0 saturated heterocycles. The van der Waals surface area contributed by atoms with Gasteiger partial charge in [0.15, 0.2) is 5.65 Å². The minimum Gasteiger partial charge on any atom is -0.250 e. The van der Waals surface area contributed by atoms with Gasteiger partial charge in [-0.2, -0.15) is 0 Å². The van der Waals surface area contributed by atoms with Crippen LogP contribution in [0.4, 0.5) is 0 Å². The second-order valence-electron chi connectivity index (χ2n) is 3.97. The molecular formula is C12H8Cl2N4O. The van der Waals surface area contributed by atoms with E-state index in [0.717, 1.165) is 0 Å². The molecule has 0 N–H and O–H groups in total. The van der Waals surface area contributed by atoms with Crippen molar-refractivity contribution in [3.05, 3.63) is 62.9 Å². The molecule has 96 valence electrons. The maximum atomic E-state index is 12.1. The van der Waals surface area contributed by atoms with Crippen molar-refractivity contribution in [2.45, 2.75) is 6.54 Å². The summed E-state index contributed by atoms with van der Waals surface area (Å²) in [6.45, 7) is 0.253. The quantitative estimate of drug-likeness (QED) is 0.681. The highest BCUT2D eigenvalue weighted by molar-refractivity contribution is 6.34. The molecule has 3 heterocycles. The largest absolute Gasteiger partial charge is 0.350 e. The van der Waals surface area contributed by atoms with Gasteiger partial charge in [0.1, 0.15) is 5.15 Å². The summed E-state index contributed by atoms with van der Waals surface area (Å²) < 4.78 is 2.81. The van der Waals surface area contributed by atoms with Crippen molar-refractivity contribution >= 4 is 28.8 Å². The van der Waals surface area contributed by atoms with E-state index in [2.05, 4.69) is 10.1 Å². The van der Waals surface area contributed by atoms with Gasteiger partial charge in [0.25, 0.3) is 0 Å². The van der Waals surface area contributed by atoms with E-state index >= 15 is 0 Å². The first kappa shape index (κ1) is 12.2. The number of aromatic nitrogens is 4. The van der Waals surface area contributed by atoms with E-state index in [1.54, 1.807) is 30.6 Å². The molecule has 0 fully saturated rings. The van der Waals surface area contributed by atoms with Crippen LogP contribution in [0.15, 0.2) is 41.5 Å². The Hall–Kier alpha value is -1.85. The van der Waals surface area contributed by atoms with Gasteiger partial charge >= 0.3 is 5.69 Å². The first-order chi connectivity index (χ1) is 9.15. The normalized spacial score (nSPS) is 11.1. The Morgan fingerprint density at radius 2 is 2.11 bits per heavy atom. The van der Waals surface area contributed by atoms with Crippen LogP contribution in [0.1, 0.15) is 5.56 Å². The van der Waals surface area contributed by atoms with E-state index in [4.69, 9.17) is 23.2 Å². The van der Waals surface area contributed by atoms with Crippen molar-refractivity contribution in [1.82, 2.24) is 19.2 Å². The van der Waals surface area contributed by atoms with Gasteiger partial charge in [-0.15, -0.1) is 5.10 Å².